The normalized spacial score (nSPS) is 12.0. The summed E-state index contributed by atoms with van der Waals surface area (Å²) in [6.07, 6.45) is 0.345. The number of guanidine groups is 1. The van der Waals surface area contributed by atoms with Gasteiger partial charge in [0, 0.05) is 31.7 Å². The van der Waals surface area contributed by atoms with Crippen LogP contribution in [0.15, 0.2) is 40.2 Å². The van der Waals surface area contributed by atoms with E-state index in [0.29, 0.717) is 22.3 Å². The molecule has 2 rings (SSSR count). The third-order valence-electron chi connectivity index (χ3n) is 5.67. The number of carbonyl (C=O) groups excluding carboxylic acids is 2. The van der Waals surface area contributed by atoms with E-state index in [0.717, 1.165) is 0 Å². The molecule has 0 unspecified atom stereocenters. The Morgan fingerprint density at radius 3 is 2.46 bits per heavy atom. The van der Waals surface area contributed by atoms with Gasteiger partial charge in [-0.05, 0) is 43.4 Å². The lowest BCUT2D eigenvalue weighted by Crippen LogP contribution is -2.51. The van der Waals surface area contributed by atoms with Gasteiger partial charge in [-0.2, -0.15) is 4.72 Å². The minimum atomic E-state index is -4.23. The van der Waals surface area contributed by atoms with Crippen molar-refractivity contribution < 1.29 is 37.0 Å². The second kappa shape index (κ2) is 15.1. The Balaban J connectivity index is 2.43. The minimum Gasteiger partial charge on any atom is -0.497 e. The summed E-state index contributed by atoms with van der Waals surface area (Å²) in [6.45, 7) is 1.77. The van der Waals surface area contributed by atoms with Gasteiger partial charge in [-0.15, -0.1) is 0 Å². The smallest absolute Gasteiger partial charge is 0.325 e. The highest BCUT2D eigenvalue weighted by Gasteiger charge is 2.31. The van der Waals surface area contributed by atoms with E-state index in [2.05, 4.69) is 9.71 Å². The van der Waals surface area contributed by atoms with Gasteiger partial charge < -0.3 is 35.3 Å². The van der Waals surface area contributed by atoms with E-state index < -0.39 is 27.9 Å². The summed E-state index contributed by atoms with van der Waals surface area (Å²) in [5.74, 6) is -0.475. The number of methoxy groups -OCH3 is 3. The summed E-state index contributed by atoms with van der Waals surface area (Å²) in [6, 6.07) is 6.75. The molecular formula is C25H37N5O8S. The largest absolute Gasteiger partial charge is 0.497 e. The van der Waals surface area contributed by atoms with E-state index in [1.54, 1.807) is 25.1 Å². The van der Waals surface area contributed by atoms with Crippen LogP contribution in [-0.4, -0.2) is 91.4 Å². The molecule has 39 heavy (non-hydrogen) atoms. The lowest BCUT2D eigenvalue weighted by Gasteiger charge is -2.27. The number of amides is 1. The molecule has 0 bridgehead atoms. The van der Waals surface area contributed by atoms with Crippen molar-refractivity contribution in [1.29, 1.82) is 0 Å². The number of fused-ring (bicyclic) bond motifs is 1. The van der Waals surface area contributed by atoms with Gasteiger partial charge in [-0.3, -0.25) is 14.6 Å². The molecule has 5 N–H and O–H groups in total. The van der Waals surface area contributed by atoms with Gasteiger partial charge in [0.1, 0.15) is 24.1 Å². The summed E-state index contributed by atoms with van der Waals surface area (Å²) in [7, 11) is 0.172. The maximum absolute atomic E-state index is 13.5. The third kappa shape index (κ3) is 9.26. The van der Waals surface area contributed by atoms with E-state index in [-0.39, 0.29) is 56.5 Å². The van der Waals surface area contributed by atoms with Crippen molar-refractivity contribution in [1.82, 2.24) is 9.62 Å². The van der Waals surface area contributed by atoms with Crippen molar-refractivity contribution in [2.24, 2.45) is 16.5 Å². The van der Waals surface area contributed by atoms with Crippen LogP contribution in [0.3, 0.4) is 0 Å². The van der Waals surface area contributed by atoms with Crippen molar-refractivity contribution in [2.45, 2.75) is 30.7 Å². The summed E-state index contributed by atoms with van der Waals surface area (Å²) in [5, 5.41) is 1.25. The molecule has 0 spiro atoms. The summed E-state index contributed by atoms with van der Waals surface area (Å²) < 4.78 is 50.3. The first-order chi connectivity index (χ1) is 18.6. The molecule has 13 nitrogen and oxygen atoms in total. The molecule has 0 aliphatic rings. The van der Waals surface area contributed by atoms with Crippen LogP contribution in [0, 0.1) is 0 Å². The van der Waals surface area contributed by atoms with Crippen LogP contribution in [0.2, 0.25) is 0 Å². The number of hydrogen-bond donors (Lipinski definition) is 3. The van der Waals surface area contributed by atoms with Crippen LogP contribution in [0.1, 0.15) is 19.8 Å². The first-order valence-electron chi connectivity index (χ1n) is 12.2. The fourth-order valence-electron chi connectivity index (χ4n) is 3.77. The summed E-state index contributed by atoms with van der Waals surface area (Å²) in [4.78, 5) is 30.7. The molecule has 0 radical (unpaired) electrons. The predicted octanol–water partition coefficient (Wildman–Crippen LogP) is 0.596. The zero-order valence-electron chi connectivity index (χ0n) is 22.6. The van der Waals surface area contributed by atoms with Gasteiger partial charge in [-0.25, -0.2) is 8.42 Å². The van der Waals surface area contributed by atoms with Crippen molar-refractivity contribution >= 4 is 38.6 Å². The molecule has 216 valence electrons. The Kier molecular flexibility index (Phi) is 12.2. The molecule has 0 saturated carbocycles. The van der Waals surface area contributed by atoms with Gasteiger partial charge >= 0.3 is 5.97 Å². The van der Waals surface area contributed by atoms with Crippen LogP contribution < -0.4 is 25.7 Å². The number of sulfonamides is 1. The number of nitrogens with zero attached hydrogens (tertiary/aromatic N) is 2. The summed E-state index contributed by atoms with van der Waals surface area (Å²) >= 11 is 0. The molecular weight excluding hydrogens is 530 g/mol. The Hall–Kier alpha value is -3.62. The Labute approximate surface area is 228 Å². The molecule has 0 saturated heterocycles. The topological polar surface area (TPSA) is 185 Å². The highest BCUT2D eigenvalue weighted by atomic mass is 32.2. The first kappa shape index (κ1) is 31.6. The molecule has 0 fully saturated rings. The van der Waals surface area contributed by atoms with Crippen molar-refractivity contribution in [3.63, 3.8) is 0 Å². The lowest BCUT2D eigenvalue weighted by atomic mass is 10.1. The molecule has 0 aliphatic carbocycles. The van der Waals surface area contributed by atoms with E-state index in [1.165, 1.54) is 38.4 Å². The maximum atomic E-state index is 13.5. The van der Waals surface area contributed by atoms with Gasteiger partial charge in [-0.1, -0.05) is 6.07 Å². The quantitative estimate of drug-likeness (QED) is 0.112. The molecule has 2 aromatic carbocycles. The van der Waals surface area contributed by atoms with Crippen molar-refractivity contribution in [2.75, 3.05) is 54.2 Å². The minimum absolute atomic E-state index is 0.0475. The Morgan fingerprint density at radius 1 is 1.10 bits per heavy atom. The Bertz CT molecular complexity index is 1260. The second-order valence-corrected chi connectivity index (χ2v) is 10.1. The number of carbonyl (C=O) groups is 2. The van der Waals surface area contributed by atoms with Crippen molar-refractivity contribution in [3.8, 4) is 11.5 Å². The van der Waals surface area contributed by atoms with Crippen LogP contribution in [0.5, 0.6) is 11.5 Å². The highest BCUT2D eigenvalue weighted by molar-refractivity contribution is 7.89. The monoisotopic (exact) mass is 567 g/mol. The fraction of sp³-hybridized carbons (Fsp3) is 0.480. The van der Waals surface area contributed by atoms with E-state index >= 15 is 0 Å². The average molecular weight is 568 g/mol. The van der Waals surface area contributed by atoms with Gasteiger partial charge in [0.2, 0.25) is 15.9 Å². The number of esters is 1. The Morgan fingerprint density at radius 2 is 1.85 bits per heavy atom. The molecule has 0 heterocycles. The van der Waals surface area contributed by atoms with E-state index in [4.69, 9.17) is 30.4 Å². The number of hydrogen-bond acceptors (Lipinski definition) is 9. The van der Waals surface area contributed by atoms with Crippen LogP contribution in [0.25, 0.3) is 10.8 Å². The van der Waals surface area contributed by atoms with Gasteiger partial charge in [0.15, 0.2) is 5.96 Å². The molecule has 14 heteroatoms. The van der Waals surface area contributed by atoms with E-state index in [1.807, 2.05) is 0 Å². The zero-order valence-corrected chi connectivity index (χ0v) is 23.5. The second-order valence-electron chi connectivity index (χ2n) is 8.39. The highest BCUT2D eigenvalue weighted by Crippen LogP contribution is 2.32. The number of nitrogens with two attached hydrogens (primary N) is 2. The number of benzene rings is 2. The molecule has 1 atom stereocenters. The predicted molar refractivity (Wildman–Crippen MR) is 146 cm³/mol. The fourth-order valence-corrected chi connectivity index (χ4v) is 5.04. The van der Waals surface area contributed by atoms with Crippen LogP contribution >= 0.6 is 0 Å². The maximum Gasteiger partial charge on any atom is 0.325 e. The molecule has 2 aromatic rings. The number of aliphatic imine (C=N–C) groups is 1. The molecule has 0 aliphatic heterocycles. The van der Waals surface area contributed by atoms with Crippen LogP contribution in [0.4, 0.5) is 0 Å². The number of nitrogens with one attached hydrogen (secondary N) is 1. The SMILES string of the molecule is CCOC(=O)CN(CCOC)C(=O)[C@H](CCCN=C(N)N)NS(=O)(=O)c1cc(OC)c2cc(OC)ccc2c1. The van der Waals surface area contributed by atoms with Gasteiger partial charge in [0.25, 0.3) is 0 Å². The molecule has 0 aromatic heterocycles. The summed E-state index contributed by atoms with van der Waals surface area (Å²) in [5.41, 5.74) is 10.8. The first-order valence-corrected chi connectivity index (χ1v) is 13.7. The average Bonchev–Trinajstić information content (AvgIpc) is 2.91. The number of rotatable bonds is 16. The third-order valence-corrected chi connectivity index (χ3v) is 7.12. The zero-order chi connectivity index (χ0) is 29.0. The van der Waals surface area contributed by atoms with E-state index in [9.17, 15) is 18.0 Å². The van der Waals surface area contributed by atoms with Crippen molar-refractivity contribution in [3.05, 3.63) is 30.3 Å². The number of ether oxygens (including phenoxy) is 4. The van der Waals surface area contributed by atoms with Crippen LogP contribution in [-0.2, 0) is 29.1 Å². The standard InChI is InChI=1S/C25H37N5O8S/c1-5-38-23(31)16-30(11-12-35-2)24(32)21(7-6-10-28-25(26)27)29-39(33,34)19-13-17-8-9-18(36-3)14-20(17)22(15-19)37-4/h8-9,13-15,21,29H,5-7,10-12,16H2,1-4H3,(H4,26,27,28)/t21-/m0/s1. The lowest BCUT2D eigenvalue weighted by molar-refractivity contribution is -0.149. The van der Waals surface area contributed by atoms with Gasteiger partial charge in [0.05, 0.1) is 32.3 Å². The molecule has 1 amide bonds.